The third-order valence-electron chi connectivity index (χ3n) is 5.24. The van der Waals surface area contributed by atoms with E-state index in [1.54, 1.807) is 6.92 Å². The lowest BCUT2D eigenvalue weighted by Crippen LogP contribution is -2.39. The Balaban J connectivity index is 1.69. The van der Waals surface area contributed by atoms with Gasteiger partial charge in [-0.15, -0.1) is 0 Å². The van der Waals surface area contributed by atoms with Crippen molar-refractivity contribution >= 4 is 11.9 Å². The van der Waals surface area contributed by atoms with Gasteiger partial charge in [-0.25, -0.2) is 4.79 Å². The number of fused-ring (bicyclic) bond motifs is 1. The van der Waals surface area contributed by atoms with Crippen molar-refractivity contribution in [1.82, 2.24) is 5.32 Å². The van der Waals surface area contributed by atoms with E-state index in [-0.39, 0.29) is 17.5 Å². The van der Waals surface area contributed by atoms with Crippen molar-refractivity contribution in [1.29, 1.82) is 0 Å². The molecule has 0 fully saturated rings. The fraction of sp³-hybridized carbons (Fsp3) is 0.391. The highest BCUT2D eigenvalue weighted by Gasteiger charge is 2.26. The Morgan fingerprint density at radius 1 is 1.03 bits per heavy atom. The molecule has 0 saturated carbocycles. The molecule has 0 aliphatic heterocycles. The summed E-state index contributed by atoms with van der Waals surface area (Å²) >= 11 is 0. The van der Waals surface area contributed by atoms with E-state index in [2.05, 4.69) is 11.4 Å². The zero-order valence-corrected chi connectivity index (χ0v) is 17.7. The number of benzene rings is 2. The highest BCUT2D eigenvalue weighted by Crippen LogP contribution is 2.38. The van der Waals surface area contributed by atoms with E-state index < -0.39 is 12.1 Å². The van der Waals surface area contributed by atoms with Crippen LogP contribution < -0.4 is 19.5 Å². The number of hydrogen-bond donors (Lipinski definition) is 1. The van der Waals surface area contributed by atoms with E-state index in [4.69, 9.17) is 18.9 Å². The SMILES string of the molecule is COc1cc(C(=O)O[C@@H](C)C(=O)N[C@@H]2CCCc3ccccc32)cc(OC)c1OC. The minimum Gasteiger partial charge on any atom is -0.493 e. The first-order valence-corrected chi connectivity index (χ1v) is 9.87. The Hall–Kier alpha value is -3.22. The molecule has 7 heteroatoms. The van der Waals surface area contributed by atoms with Gasteiger partial charge in [-0.05, 0) is 49.4 Å². The summed E-state index contributed by atoms with van der Waals surface area (Å²) in [5, 5.41) is 3.01. The molecule has 3 rings (SSSR count). The summed E-state index contributed by atoms with van der Waals surface area (Å²) in [6.07, 6.45) is 1.91. The number of aryl methyl sites for hydroxylation is 1. The molecule has 0 saturated heterocycles. The van der Waals surface area contributed by atoms with Gasteiger partial charge in [-0.2, -0.15) is 0 Å². The van der Waals surface area contributed by atoms with Gasteiger partial charge in [0.15, 0.2) is 17.6 Å². The van der Waals surface area contributed by atoms with E-state index in [9.17, 15) is 9.59 Å². The molecule has 1 N–H and O–H groups in total. The lowest BCUT2D eigenvalue weighted by molar-refractivity contribution is -0.130. The van der Waals surface area contributed by atoms with E-state index in [0.29, 0.717) is 17.2 Å². The van der Waals surface area contributed by atoms with Crippen molar-refractivity contribution in [2.24, 2.45) is 0 Å². The molecule has 2 atom stereocenters. The minimum atomic E-state index is -0.953. The van der Waals surface area contributed by atoms with Crippen LogP contribution >= 0.6 is 0 Å². The maximum absolute atomic E-state index is 12.7. The summed E-state index contributed by atoms with van der Waals surface area (Å²) in [7, 11) is 4.41. The fourth-order valence-electron chi connectivity index (χ4n) is 3.67. The molecule has 0 spiro atoms. The normalized spacial score (nSPS) is 16.1. The Kier molecular flexibility index (Phi) is 6.82. The standard InChI is InChI=1S/C23H27NO6/c1-14(22(25)24-18-11-7-9-15-8-5-6-10-17(15)18)30-23(26)16-12-19(27-2)21(29-4)20(13-16)28-3/h5-6,8,10,12-14,18H,7,9,11H2,1-4H3,(H,24,25)/t14-,18+/m0/s1. The predicted octanol–water partition coefficient (Wildman–Crippen LogP) is 3.45. The van der Waals surface area contributed by atoms with Gasteiger partial charge in [0, 0.05) is 0 Å². The van der Waals surface area contributed by atoms with Crippen LogP contribution in [0.25, 0.3) is 0 Å². The molecule has 2 aromatic rings. The number of carbonyl (C=O) groups excluding carboxylic acids is 2. The van der Waals surface area contributed by atoms with Crippen LogP contribution in [0.3, 0.4) is 0 Å². The van der Waals surface area contributed by atoms with Crippen LogP contribution in [-0.4, -0.2) is 39.3 Å². The average Bonchev–Trinajstić information content (AvgIpc) is 2.78. The van der Waals surface area contributed by atoms with Crippen molar-refractivity contribution in [3.8, 4) is 17.2 Å². The monoisotopic (exact) mass is 413 g/mol. The third-order valence-corrected chi connectivity index (χ3v) is 5.24. The van der Waals surface area contributed by atoms with Gasteiger partial charge < -0.3 is 24.3 Å². The van der Waals surface area contributed by atoms with Crippen LogP contribution in [0.5, 0.6) is 17.2 Å². The van der Waals surface area contributed by atoms with Gasteiger partial charge in [-0.3, -0.25) is 4.79 Å². The van der Waals surface area contributed by atoms with Crippen molar-refractivity contribution in [2.45, 2.75) is 38.3 Å². The molecule has 7 nitrogen and oxygen atoms in total. The van der Waals surface area contributed by atoms with Crippen molar-refractivity contribution in [2.75, 3.05) is 21.3 Å². The van der Waals surface area contributed by atoms with E-state index in [1.165, 1.54) is 39.0 Å². The highest BCUT2D eigenvalue weighted by molar-refractivity contribution is 5.93. The maximum Gasteiger partial charge on any atom is 0.339 e. The zero-order chi connectivity index (χ0) is 21.7. The van der Waals surface area contributed by atoms with Gasteiger partial charge in [-0.1, -0.05) is 24.3 Å². The van der Waals surface area contributed by atoms with E-state index in [1.807, 2.05) is 18.2 Å². The van der Waals surface area contributed by atoms with E-state index in [0.717, 1.165) is 24.8 Å². The molecule has 1 amide bonds. The lowest BCUT2D eigenvalue weighted by Gasteiger charge is -2.27. The van der Waals surface area contributed by atoms with Crippen molar-refractivity contribution in [3.63, 3.8) is 0 Å². The number of nitrogens with one attached hydrogen (secondary N) is 1. The van der Waals surface area contributed by atoms with Crippen molar-refractivity contribution < 1.29 is 28.5 Å². The molecule has 0 aromatic heterocycles. The Bertz CT molecular complexity index is 901. The molecule has 0 radical (unpaired) electrons. The molecular formula is C23H27NO6. The topological polar surface area (TPSA) is 83.1 Å². The molecule has 0 unspecified atom stereocenters. The summed E-state index contributed by atoms with van der Waals surface area (Å²) in [4.78, 5) is 25.3. The summed E-state index contributed by atoms with van der Waals surface area (Å²) in [6, 6.07) is 11.0. The van der Waals surface area contributed by atoms with Crippen LogP contribution in [0, 0.1) is 0 Å². The first-order chi connectivity index (χ1) is 14.5. The number of methoxy groups -OCH3 is 3. The number of ether oxygens (including phenoxy) is 4. The average molecular weight is 413 g/mol. The number of carbonyl (C=O) groups is 2. The largest absolute Gasteiger partial charge is 0.493 e. The number of rotatable bonds is 7. The minimum absolute atomic E-state index is 0.0789. The molecule has 0 bridgehead atoms. The molecule has 2 aromatic carbocycles. The maximum atomic E-state index is 12.7. The second-order valence-electron chi connectivity index (χ2n) is 7.11. The van der Waals surface area contributed by atoms with Crippen LogP contribution in [0.15, 0.2) is 36.4 Å². The lowest BCUT2D eigenvalue weighted by atomic mass is 9.87. The van der Waals surface area contributed by atoms with Crippen LogP contribution in [0.4, 0.5) is 0 Å². The fourth-order valence-corrected chi connectivity index (χ4v) is 3.67. The number of hydrogen-bond acceptors (Lipinski definition) is 6. The van der Waals surface area contributed by atoms with Gasteiger partial charge >= 0.3 is 5.97 Å². The molecule has 1 aliphatic rings. The number of amides is 1. The Morgan fingerprint density at radius 2 is 1.70 bits per heavy atom. The quantitative estimate of drug-likeness (QED) is 0.700. The summed E-state index contributed by atoms with van der Waals surface area (Å²) in [5.74, 6) is 0.0520. The predicted molar refractivity (Wildman–Crippen MR) is 111 cm³/mol. The zero-order valence-electron chi connectivity index (χ0n) is 17.7. The second kappa shape index (κ2) is 9.52. The molecule has 30 heavy (non-hydrogen) atoms. The smallest absolute Gasteiger partial charge is 0.339 e. The van der Waals surface area contributed by atoms with Crippen LogP contribution in [-0.2, 0) is 16.0 Å². The van der Waals surface area contributed by atoms with Gasteiger partial charge in [0.2, 0.25) is 5.75 Å². The molecular weight excluding hydrogens is 386 g/mol. The summed E-state index contributed by atoms with van der Waals surface area (Å²) in [6.45, 7) is 1.56. The Labute approximate surface area is 176 Å². The van der Waals surface area contributed by atoms with Gasteiger partial charge in [0.1, 0.15) is 0 Å². The summed E-state index contributed by atoms with van der Waals surface area (Å²) < 4.78 is 21.2. The van der Waals surface area contributed by atoms with Gasteiger partial charge in [0.25, 0.3) is 5.91 Å². The molecule has 1 aliphatic carbocycles. The van der Waals surface area contributed by atoms with Gasteiger partial charge in [0.05, 0.1) is 32.9 Å². The summed E-state index contributed by atoms with van der Waals surface area (Å²) in [5.41, 5.74) is 2.57. The highest BCUT2D eigenvalue weighted by atomic mass is 16.5. The molecule has 160 valence electrons. The van der Waals surface area contributed by atoms with Crippen molar-refractivity contribution in [3.05, 3.63) is 53.1 Å². The first kappa shape index (κ1) is 21.5. The molecule has 0 heterocycles. The first-order valence-electron chi connectivity index (χ1n) is 9.87. The number of esters is 1. The van der Waals surface area contributed by atoms with E-state index >= 15 is 0 Å². The second-order valence-corrected chi connectivity index (χ2v) is 7.11. The Morgan fingerprint density at radius 3 is 2.33 bits per heavy atom. The van der Waals surface area contributed by atoms with Crippen LogP contribution in [0.1, 0.15) is 47.3 Å². The van der Waals surface area contributed by atoms with Crippen LogP contribution in [0.2, 0.25) is 0 Å². The third kappa shape index (κ3) is 4.50.